The molecule has 0 saturated carbocycles. The average molecular weight is 384 g/mol. The van der Waals surface area contributed by atoms with Gasteiger partial charge in [-0.3, -0.25) is 0 Å². The molecular formula is C21H21FN2O2S. The first-order valence-electron chi connectivity index (χ1n) is 8.90. The van der Waals surface area contributed by atoms with Crippen molar-refractivity contribution in [3.05, 3.63) is 65.3 Å². The number of rotatable bonds is 5. The van der Waals surface area contributed by atoms with E-state index in [1.165, 1.54) is 17.7 Å². The Labute approximate surface area is 160 Å². The van der Waals surface area contributed by atoms with E-state index in [2.05, 4.69) is 22.7 Å². The van der Waals surface area contributed by atoms with Gasteiger partial charge in [0.15, 0.2) is 0 Å². The molecule has 1 atom stereocenters. The maximum Gasteiger partial charge on any atom is 0.130 e. The number of nitrogens with one attached hydrogen (secondary N) is 2. The molecule has 2 aromatic carbocycles. The van der Waals surface area contributed by atoms with Crippen molar-refractivity contribution in [2.24, 2.45) is 0 Å². The van der Waals surface area contributed by atoms with Crippen molar-refractivity contribution in [3.63, 3.8) is 0 Å². The van der Waals surface area contributed by atoms with Gasteiger partial charge < -0.3 is 9.72 Å². The van der Waals surface area contributed by atoms with Gasteiger partial charge in [0, 0.05) is 35.3 Å². The van der Waals surface area contributed by atoms with Crippen LogP contribution in [0.3, 0.4) is 0 Å². The molecule has 4 nitrogen and oxygen atoms in total. The van der Waals surface area contributed by atoms with E-state index in [4.69, 9.17) is 4.74 Å². The van der Waals surface area contributed by atoms with E-state index in [9.17, 15) is 8.60 Å². The number of allylic oxidation sites excluding steroid dienone is 1. The zero-order valence-electron chi connectivity index (χ0n) is 15.3. The lowest BCUT2D eigenvalue weighted by Gasteiger charge is -2.24. The number of H-pyrrole nitrogens is 1. The number of aromatic amines is 1. The fourth-order valence-electron chi connectivity index (χ4n) is 3.51. The van der Waals surface area contributed by atoms with Gasteiger partial charge in [0.25, 0.3) is 0 Å². The summed E-state index contributed by atoms with van der Waals surface area (Å²) in [6.07, 6.45) is 5.22. The van der Waals surface area contributed by atoms with E-state index in [0.29, 0.717) is 6.54 Å². The fraction of sp³-hybridized carbons (Fsp3) is 0.238. The second-order valence-electron chi connectivity index (χ2n) is 6.65. The molecule has 0 fully saturated rings. The number of ether oxygens (including phenoxy) is 1. The highest BCUT2D eigenvalue weighted by molar-refractivity contribution is 7.82. The second kappa shape index (κ2) is 7.29. The molecule has 2 heterocycles. The molecule has 0 saturated heterocycles. The molecule has 140 valence electrons. The predicted molar refractivity (Wildman–Crippen MR) is 107 cm³/mol. The Bertz CT molecular complexity index is 1070. The molecule has 27 heavy (non-hydrogen) atoms. The van der Waals surface area contributed by atoms with Gasteiger partial charge in [-0.15, -0.1) is 0 Å². The molecular weight excluding hydrogens is 363 g/mol. The van der Waals surface area contributed by atoms with Gasteiger partial charge in [0.05, 0.1) is 17.5 Å². The third-order valence-corrected chi connectivity index (χ3v) is 5.46. The summed E-state index contributed by atoms with van der Waals surface area (Å²) in [7, 11) is -1.08. The Morgan fingerprint density at radius 1 is 1.26 bits per heavy atom. The number of hydrogen-bond acceptors (Lipinski definition) is 2. The Hall–Kier alpha value is -2.44. The van der Waals surface area contributed by atoms with Crippen molar-refractivity contribution >= 4 is 21.9 Å². The van der Waals surface area contributed by atoms with Crippen LogP contribution in [-0.2, 0) is 17.4 Å². The summed E-state index contributed by atoms with van der Waals surface area (Å²) in [6.45, 7) is 2.56. The Kier molecular flexibility index (Phi) is 4.85. The smallest absolute Gasteiger partial charge is 0.130 e. The first kappa shape index (κ1) is 17.9. The van der Waals surface area contributed by atoms with Crippen LogP contribution in [0.5, 0.6) is 5.75 Å². The van der Waals surface area contributed by atoms with Crippen molar-refractivity contribution in [2.45, 2.75) is 19.8 Å². The Morgan fingerprint density at radius 3 is 2.89 bits per heavy atom. The minimum absolute atomic E-state index is 0.249. The van der Waals surface area contributed by atoms with Crippen molar-refractivity contribution < 1.29 is 13.3 Å². The van der Waals surface area contributed by atoms with E-state index in [1.807, 2.05) is 18.3 Å². The summed E-state index contributed by atoms with van der Waals surface area (Å²) in [6, 6.07) is 10.9. The van der Waals surface area contributed by atoms with Crippen LogP contribution < -0.4 is 9.46 Å². The summed E-state index contributed by atoms with van der Waals surface area (Å²) in [5.74, 6) is 1.44. The molecule has 1 aliphatic heterocycles. The molecule has 1 unspecified atom stereocenters. The maximum atomic E-state index is 13.4. The fourth-order valence-corrected chi connectivity index (χ4v) is 3.84. The van der Waals surface area contributed by atoms with Gasteiger partial charge in [0.2, 0.25) is 0 Å². The van der Waals surface area contributed by atoms with Crippen molar-refractivity contribution in [1.82, 2.24) is 9.71 Å². The highest BCUT2D eigenvalue weighted by atomic mass is 32.2. The van der Waals surface area contributed by atoms with Crippen LogP contribution in [0.25, 0.3) is 22.0 Å². The number of fused-ring (bicyclic) bond motifs is 2. The monoisotopic (exact) mass is 384 g/mol. The predicted octanol–water partition coefficient (Wildman–Crippen LogP) is 4.46. The number of aromatic nitrogens is 1. The van der Waals surface area contributed by atoms with Crippen molar-refractivity contribution in [1.29, 1.82) is 0 Å². The molecule has 0 amide bonds. The van der Waals surface area contributed by atoms with Crippen LogP contribution >= 0.6 is 0 Å². The minimum Gasteiger partial charge on any atom is -0.460 e. The van der Waals surface area contributed by atoms with Crippen LogP contribution in [0.2, 0.25) is 0 Å². The lowest BCUT2D eigenvalue weighted by atomic mass is 9.94. The largest absolute Gasteiger partial charge is 0.460 e. The molecule has 0 spiro atoms. The zero-order valence-corrected chi connectivity index (χ0v) is 16.1. The molecule has 0 bridgehead atoms. The molecule has 4 rings (SSSR count). The SMILES string of the molecule is CCC1=C(CNS(C)=O)Oc2ccc(-c3c[nH]c4cc(F)ccc34)cc2C1. The van der Waals surface area contributed by atoms with Crippen molar-refractivity contribution in [3.8, 4) is 16.9 Å². The van der Waals surface area contributed by atoms with E-state index < -0.39 is 11.0 Å². The van der Waals surface area contributed by atoms with Crippen LogP contribution in [0.4, 0.5) is 4.39 Å². The quantitative estimate of drug-likeness (QED) is 0.683. The molecule has 2 N–H and O–H groups in total. The van der Waals surface area contributed by atoms with E-state index in [0.717, 1.165) is 51.9 Å². The van der Waals surface area contributed by atoms with Gasteiger partial charge >= 0.3 is 0 Å². The topological polar surface area (TPSA) is 54.1 Å². The normalized spacial score (nSPS) is 14.9. The lowest BCUT2D eigenvalue weighted by molar-refractivity contribution is 0.387. The molecule has 0 aliphatic carbocycles. The summed E-state index contributed by atoms with van der Waals surface area (Å²) >= 11 is 0. The van der Waals surface area contributed by atoms with Gasteiger partial charge in [-0.25, -0.2) is 13.3 Å². The van der Waals surface area contributed by atoms with Gasteiger partial charge in [-0.2, -0.15) is 0 Å². The Morgan fingerprint density at radius 2 is 2.11 bits per heavy atom. The standard InChI is InChI=1S/C21H21FN2O2S/c1-3-13-8-15-9-14(4-7-20(15)26-21(13)12-24-27(2)25)18-11-23-19-10-16(22)5-6-17(18)19/h4-7,9-11,23-24H,3,8,12H2,1-2H3. The zero-order chi connectivity index (χ0) is 19.0. The molecule has 1 aliphatic rings. The molecule has 0 radical (unpaired) electrons. The number of halogens is 1. The first-order valence-corrected chi connectivity index (χ1v) is 10.5. The van der Waals surface area contributed by atoms with Crippen LogP contribution in [0.15, 0.2) is 53.9 Å². The van der Waals surface area contributed by atoms with Gasteiger partial charge in [0.1, 0.15) is 17.3 Å². The number of hydrogen-bond donors (Lipinski definition) is 2. The number of benzene rings is 2. The second-order valence-corrected chi connectivity index (χ2v) is 7.85. The minimum atomic E-state index is -1.08. The van der Waals surface area contributed by atoms with Crippen molar-refractivity contribution in [2.75, 3.05) is 12.8 Å². The molecule has 6 heteroatoms. The molecule has 3 aromatic rings. The summed E-state index contributed by atoms with van der Waals surface area (Å²) in [5.41, 5.74) is 5.24. The third kappa shape index (κ3) is 3.55. The Balaban J connectivity index is 1.67. The average Bonchev–Trinajstić information content (AvgIpc) is 3.08. The summed E-state index contributed by atoms with van der Waals surface area (Å²) in [4.78, 5) is 3.14. The van der Waals surface area contributed by atoms with Crippen LogP contribution in [0.1, 0.15) is 18.9 Å². The van der Waals surface area contributed by atoms with Crippen LogP contribution in [-0.4, -0.2) is 22.0 Å². The maximum absolute atomic E-state index is 13.4. The van der Waals surface area contributed by atoms with Crippen LogP contribution in [0, 0.1) is 5.82 Å². The molecule has 1 aromatic heterocycles. The summed E-state index contributed by atoms with van der Waals surface area (Å²) < 4.78 is 33.8. The summed E-state index contributed by atoms with van der Waals surface area (Å²) in [5, 5.41) is 0.995. The lowest BCUT2D eigenvalue weighted by Crippen LogP contribution is -2.24. The van der Waals surface area contributed by atoms with E-state index in [1.54, 1.807) is 12.3 Å². The van der Waals surface area contributed by atoms with Gasteiger partial charge in [-0.05, 0) is 53.5 Å². The first-order chi connectivity index (χ1) is 13.0. The van der Waals surface area contributed by atoms with Gasteiger partial charge in [-0.1, -0.05) is 13.0 Å². The highest BCUT2D eigenvalue weighted by Gasteiger charge is 2.20. The third-order valence-electron chi connectivity index (χ3n) is 4.91. The van der Waals surface area contributed by atoms with E-state index in [-0.39, 0.29) is 5.82 Å². The highest BCUT2D eigenvalue weighted by Crippen LogP contribution is 2.36. The van der Waals surface area contributed by atoms with E-state index >= 15 is 0 Å².